The number of rotatable bonds is 5. The van der Waals surface area contributed by atoms with Crippen LogP contribution < -0.4 is 0 Å². The van der Waals surface area contributed by atoms with Gasteiger partial charge in [0.25, 0.3) is 0 Å². The molecular weight excluding hydrogens is 284 g/mol. The summed E-state index contributed by atoms with van der Waals surface area (Å²) >= 11 is 1.78. The highest BCUT2D eigenvalue weighted by Gasteiger charge is 2.19. The van der Waals surface area contributed by atoms with Gasteiger partial charge in [-0.25, -0.2) is 4.98 Å². The van der Waals surface area contributed by atoms with Crippen molar-refractivity contribution in [3.05, 3.63) is 18.2 Å². The fourth-order valence-corrected chi connectivity index (χ4v) is 3.94. The molecule has 0 spiro atoms. The molecule has 116 valence electrons. The van der Waals surface area contributed by atoms with E-state index in [0.717, 1.165) is 37.5 Å². The molecule has 3 rings (SSSR count). The summed E-state index contributed by atoms with van der Waals surface area (Å²) in [7, 11) is 0. The number of likely N-dealkylation sites (tertiary alicyclic amines) is 1. The lowest BCUT2D eigenvalue weighted by Crippen LogP contribution is -2.32. The number of hydrogen-bond donors (Lipinski definition) is 0. The van der Waals surface area contributed by atoms with Gasteiger partial charge in [0.2, 0.25) is 5.91 Å². The first-order valence-corrected chi connectivity index (χ1v) is 9.05. The molecule has 0 atom stereocenters. The first-order valence-electron chi connectivity index (χ1n) is 7.90. The first-order chi connectivity index (χ1) is 10.3. The Morgan fingerprint density at radius 3 is 2.90 bits per heavy atom. The van der Waals surface area contributed by atoms with Crippen molar-refractivity contribution in [2.45, 2.75) is 32.4 Å². The second kappa shape index (κ2) is 7.31. The van der Waals surface area contributed by atoms with Crippen LogP contribution in [0.3, 0.4) is 0 Å². The molecule has 2 aliphatic heterocycles. The maximum atomic E-state index is 12.3. The summed E-state index contributed by atoms with van der Waals surface area (Å²) in [5.74, 6) is 1.95. The lowest BCUT2D eigenvalue weighted by Gasteiger charge is -2.20. The molecular formula is C15H24N4OS. The molecule has 6 heteroatoms. The van der Waals surface area contributed by atoms with E-state index in [2.05, 4.69) is 14.5 Å². The van der Waals surface area contributed by atoms with Crippen LogP contribution in [0.15, 0.2) is 12.5 Å². The second-order valence-electron chi connectivity index (χ2n) is 5.85. The van der Waals surface area contributed by atoms with Gasteiger partial charge in [-0.15, -0.1) is 0 Å². The number of aromatic nitrogens is 2. The van der Waals surface area contributed by atoms with Crippen LogP contribution in [-0.2, 0) is 17.9 Å². The number of hydrogen-bond acceptors (Lipinski definition) is 4. The number of fused-ring (bicyclic) bond motifs is 1. The Bertz CT molecular complexity index is 470. The number of aryl methyl sites for hydroxylation is 1. The van der Waals surface area contributed by atoms with E-state index in [1.807, 2.05) is 17.4 Å². The van der Waals surface area contributed by atoms with Crippen LogP contribution in [0, 0.1) is 0 Å². The molecule has 0 unspecified atom stereocenters. The monoisotopic (exact) mass is 308 g/mol. The Labute approximate surface area is 130 Å². The summed E-state index contributed by atoms with van der Waals surface area (Å²) in [5, 5.41) is 0. The summed E-state index contributed by atoms with van der Waals surface area (Å²) < 4.78 is 2.16. The number of amides is 1. The lowest BCUT2D eigenvalue weighted by molar-refractivity contribution is -0.128. The minimum atomic E-state index is 0.274. The summed E-state index contributed by atoms with van der Waals surface area (Å²) in [4.78, 5) is 21.0. The molecule has 2 aliphatic rings. The van der Waals surface area contributed by atoms with Crippen molar-refractivity contribution in [1.82, 2.24) is 19.4 Å². The second-order valence-corrected chi connectivity index (χ2v) is 6.95. The van der Waals surface area contributed by atoms with Gasteiger partial charge in [-0.3, -0.25) is 4.79 Å². The molecule has 5 nitrogen and oxygen atoms in total. The minimum Gasteiger partial charge on any atom is -0.336 e. The highest BCUT2D eigenvalue weighted by molar-refractivity contribution is 7.99. The van der Waals surface area contributed by atoms with Crippen LogP contribution in [0.5, 0.6) is 0 Å². The third-order valence-electron chi connectivity index (χ3n) is 4.31. The topological polar surface area (TPSA) is 41.4 Å². The molecule has 1 saturated heterocycles. The molecule has 1 aromatic rings. The predicted octanol–water partition coefficient (Wildman–Crippen LogP) is 1.44. The van der Waals surface area contributed by atoms with Crippen LogP contribution in [0.2, 0.25) is 0 Å². The smallest absolute Gasteiger partial charge is 0.232 e. The van der Waals surface area contributed by atoms with Gasteiger partial charge < -0.3 is 14.4 Å². The summed E-state index contributed by atoms with van der Waals surface area (Å²) in [6.07, 6.45) is 7.45. The van der Waals surface area contributed by atoms with Gasteiger partial charge >= 0.3 is 0 Å². The molecule has 21 heavy (non-hydrogen) atoms. The normalized spacial score (nSPS) is 19.5. The molecule has 0 bridgehead atoms. The quantitative estimate of drug-likeness (QED) is 0.772. The summed E-state index contributed by atoms with van der Waals surface area (Å²) in [6, 6.07) is 0. The number of carbonyl (C=O) groups is 1. The van der Waals surface area contributed by atoms with E-state index in [-0.39, 0.29) is 5.91 Å². The highest BCUT2D eigenvalue weighted by atomic mass is 32.2. The van der Waals surface area contributed by atoms with E-state index in [0.29, 0.717) is 12.3 Å². The number of carbonyl (C=O) groups excluding carboxylic acids is 1. The van der Waals surface area contributed by atoms with Crippen molar-refractivity contribution in [2.75, 3.05) is 37.7 Å². The molecule has 1 aromatic heterocycles. The van der Waals surface area contributed by atoms with E-state index in [9.17, 15) is 4.79 Å². The van der Waals surface area contributed by atoms with Crippen molar-refractivity contribution >= 4 is 17.7 Å². The molecule has 1 amide bonds. The van der Waals surface area contributed by atoms with Gasteiger partial charge in [0.15, 0.2) is 0 Å². The average molecular weight is 308 g/mol. The molecule has 0 aliphatic carbocycles. The van der Waals surface area contributed by atoms with Gasteiger partial charge in [0.1, 0.15) is 0 Å². The van der Waals surface area contributed by atoms with E-state index in [4.69, 9.17) is 0 Å². The van der Waals surface area contributed by atoms with E-state index in [1.54, 1.807) is 11.8 Å². The zero-order valence-electron chi connectivity index (χ0n) is 12.5. The lowest BCUT2D eigenvalue weighted by atomic mass is 10.4. The first kappa shape index (κ1) is 14.9. The molecule has 0 radical (unpaired) electrons. The maximum Gasteiger partial charge on any atom is 0.232 e. The van der Waals surface area contributed by atoms with E-state index in [1.165, 1.54) is 25.9 Å². The van der Waals surface area contributed by atoms with Gasteiger partial charge in [0, 0.05) is 31.6 Å². The van der Waals surface area contributed by atoms with Crippen molar-refractivity contribution in [3.8, 4) is 0 Å². The van der Waals surface area contributed by atoms with Gasteiger partial charge in [0.05, 0.1) is 24.3 Å². The molecule has 0 aromatic carbocycles. The van der Waals surface area contributed by atoms with Crippen molar-refractivity contribution in [3.63, 3.8) is 0 Å². The van der Waals surface area contributed by atoms with E-state index >= 15 is 0 Å². The zero-order valence-corrected chi connectivity index (χ0v) is 13.4. The molecule has 0 N–H and O–H groups in total. The standard InChI is InChI=1S/C15H24N4OS/c20-15(12-21-9-8-17-4-1-2-5-17)18-6-3-7-19-13-16-10-14(19)11-18/h10,13H,1-9,11-12H2. The van der Waals surface area contributed by atoms with Crippen LogP contribution in [-0.4, -0.2) is 62.9 Å². The van der Waals surface area contributed by atoms with Crippen molar-refractivity contribution < 1.29 is 4.79 Å². The summed E-state index contributed by atoms with van der Waals surface area (Å²) in [5.41, 5.74) is 1.16. The molecule has 3 heterocycles. The third-order valence-corrected chi connectivity index (χ3v) is 5.23. The number of imidazole rings is 1. The van der Waals surface area contributed by atoms with Crippen LogP contribution >= 0.6 is 11.8 Å². The Kier molecular flexibility index (Phi) is 5.19. The van der Waals surface area contributed by atoms with Crippen LogP contribution in [0.4, 0.5) is 0 Å². The highest BCUT2D eigenvalue weighted by Crippen LogP contribution is 2.14. The van der Waals surface area contributed by atoms with Gasteiger partial charge in [-0.05, 0) is 32.4 Å². The number of nitrogens with zero attached hydrogens (tertiary/aromatic N) is 4. The third kappa shape index (κ3) is 4.01. The SMILES string of the molecule is O=C(CSCCN1CCCC1)N1CCCn2cncc2C1. The van der Waals surface area contributed by atoms with Crippen LogP contribution in [0.25, 0.3) is 0 Å². The van der Waals surface area contributed by atoms with Crippen molar-refractivity contribution in [1.29, 1.82) is 0 Å². The number of thioether (sulfide) groups is 1. The largest absolute Gasteiger partial charge is 0.336 e. The zero-order chi connectivity index (χ0) is 14.5. The van der Waals surface area contributed by atoms with Crippen LogP contribution in [0.1, 0.15) is 25.0 Å². The van der Waals surface area contributed by atoms with Crippen molar-refractivity contribution in [2.24, 2.45) is 0 Å². The van der Waals surface area contributed by atoms with E-state index < -0.39 is 0 Å². The Morgan fingerprint density at radius 2 is 2.05 bits per heavy atom. The minimum absolute atomic E-state index is 0.274. The van der Waals surface area contributed by atoms with Gasteiger partial charge in [-0.1, -0.05) is 0 Å². The molecule has 1 fully saturated rings. The van der Waals surface area contributed by atoms with Gasteiger partial charge in [-0.2, -0.15) is 11.8 Å². The maximum absolute atomic E-state index is 12.3. The molecule has 0 saturated carbocycles. The Morgan fingerprint density at radius 1 is 1.19 bits per heavy atom. The average Bonchev–Trinajstić information content (AvgIpc) is 3.11. The predicted molar refractivity (Wildman–Crippen MR) is 85.3 cm³/mol. The summed E-state index contributed by atoms with van der Waals surface area (Å²) in [6.45, 7) is 6.17. The fourth-order valence-electron chi connectivity index (χ4n) is 3.05. The fraction of sp³-hybridized carbons (Fsp3) is 0.733. The Balaban J connectivity index is 1.40. The Hall–Kier alpha value is -1.01.